The minimum absolute atomic E-state index is 0.0719. The highest BCUT2D eigenvalue weighted by atomic mass is 16.6. The minimum Gasteiger partial charge on any atom is -0.458 e. The van der Waals surface area contributed by atoms with Crippen LogP contribution in [0.3, 0.4) is 0 Å². The number of benzene rings is 1. The number of esters is 3. The lowest BCUT2D eigenvalue weighted by Gasteiger charge is -2.58. The fraction of sp³-hybridized carbons (Fsp3) is 0.643. The fourth-order valence-electron chi connectivity index (χ4n) is 10.2. The molecule has 8 unspecified atom stereocenters. The first kappa shape index (κ1) is 36.1. The molecule has 5 rings (SSSR count). The number of rotatable bonds is 11. The average Bonchev–Trinajstić information content (AvgIpc) is 3.38. The van der Waals surface area contributed by atoms with Gasteiger partial charge in [0.15, 0.2) is 0 Å². The molecule has 0 saturated heterocycles. The van der Waals surface area contributed by atoms with Gasteiger partial charge >= 0.3 is 17.9 Å². The van der Waals surface area contributed by atoms with Crippen LogP contribution < -0.4 is 9.47 Å². The highest BCUT2D eigenvalue weighted by Crippen LogP contribution is 2.67. The Bertz CT molecular complexity index is 1420. The number of hydrogen-bond donors (Lipinski definition) is 0. The van der Waals surface area contributed by atoms with Crippen molar-refractivity contribution in [2.24, 2.45) is 46.3 Å². The second-order valence-electron chi connectivity index (χ2n) is 16.6. The van der Waals surface area contributed by atoms with Crippen LogP contribution >= 0.6 is 0 Å². The lowest BCUT2D eigenvalue weighted by atomic mass is 9.47. The Kier molecular flexibility index (Phi) is 10.8. The van der Waals surface area contributed by atoms with E-state index >= 15 is 0 Å². The summed E-state index contributed by atoms with van der Waals surface area (Å²) in [4.78, 5) is 38.0. The molecule has 0 amide bonds. The average molecular weight is 659 g/mol. The molecule has 0 radical (unpaired) electrons. The van der Waals surface area contributed by atoms with Gasteiger partial charge in [-0.25, -0.2) is 14.4 Å². The molecule has 0 aromatic heterocycles. The summed E-state index contributed by atoms with van der Waals surface area (Å²) in [6, 6.07) is 4.28. The largest absolute Gasteiger partial charge is 0.458 e. The molecule has 262 valence electrons. The van der Waals surface area contributed by atoms with Gasteiger partial charge in [-0.15, -0.1) is 0 Å². The molecule has 6 heteroatoms. The highest BCUT2D eigenvalue weighted by molar-refractivity contribution is 5.93. The summed E-state index contributed by atoms with van der Waals surface area (Å²) in [7, 11) is 0. The van der Waals surface area contributed by atoms with Crippen molar-refractivity contribution in [1.82, 2.24) is 0 Å². The predicted octanol–water partition coefficient (Wildman–Crippen LogP) is 10.2. The third-order valence-corrected chi connectivity index (χ3v) is 12.8. The summed E-state index contributed by atoms with van der Waals surface area (Å²) in [6.45, 7) is 22.7. The highest BCUT2D eigenvalue weighted by Gasteiger charge is 2.59. The molecule has 3 saturated carbocycles. The van der Waals surface area contributed by atoms with Crippen LogP contribution in [-0.2, 0) is 14.3 Å². The number of allylic oxidation sites excluding steroid dienone is 1. The molecule has 0 aliphatic heterocycles. The first-order valence-electron chi connectivity index (χ1n) is 18.4. The van der Waals surface area contributed by atoms with E-state index in [0.29, 0.717) is 11.3 Å². The SMILES string of the molecule is C=C(C)C(=O)Oc1cc(OC(=O)C(=C)C)cc(C(=O)OC2CCC3(C)C(=CCC4C3CCC3(C)C(C(C)CCCC(C)C)CCC43)C2)c1. The number of ether oxygens (including phenoxy) is 3. The van der Waals surface area contributed by atoms with E-state index in [0.717, 1.165) is 55.3 Å². The van der Waals surface area contributed by atoms with Crippen LogP contribution in [0.1, 0.15) is 129 Å². The second-order valence-corrected chi connectivity index (χ2v) is 16.6. The van der Waals surface area contributed by atoms with Gasteiger partial charge in [-0.2, -0.15) is 0 Å². The summed E-state index contributed by atoms with van der Waals surface area (Å²) in [5.74, 6) is 3.00. The number of carbonyl (C=O) groups excluding carboxylic acids is 3. The minimum atomic E-state index is -0.640. The van der Waals surface area contributed by atoms with Gasteiger partial charge in [0.2, 0.25) is 0 Å². The van der Waals surface area contributed by atoms with E-state index in [2.05, 4.69) is 53.9 Å². The van der Waals surface area contributed by atoms with Crippen molar-refractivity contribution in [3.63, 3.8) is 0 Å². The summed E-state index contributed by atoms with van der Waals surface area (Å²) >= 11 is 0. The molecular weight excluding hydrogens is 600 g/mol. The van der Waals surface area contributed by atoms with Gasteiger partial charge in [0.1, 0.15) is 17.6 Å². The normalized spacial score (nSPS) is 31.4. The smallest absolute Gasteiger partial charge is 0.338 e. The van der Waals surface area contributed by atoms with Gasteiger partial charge in [0.25, 0.3) is 0 Å². The Morgan fingerprint density at radius 3 is 2.10 bits per heavy atom. The van der Waals surface area contributed by atoms with Gasteiger partial charge in [-0.1, -0.05) is 78.7 Å². The van der Waals surface area contributed by atoms with Crippen LogP contribution in [0, 0.1) is 46.3 Å². The van der Waals surface area contributed by atoms with Crippen molar-refractivity contribution in [2.45, 2.75) is 125 Å². The van der Waals surface area contributed by atoms with E-state index < -0.39 is 17.9 Å². The van der Waals surface area contributed by atoms with Crippen LogP contribution in [-0.4, -0.2) is 24.0 Å². The van der Waals surface area contributed by atoms with Crippen LogP contribution in [0.5, 0.6) is 11.5 Å². The molecule has 4 aliphatic rings. The van der Waals surface area contributed by atoms with Crippen molar-refractivity contribution in [1.29, 1.82) is 0 Å². The lowest BCUT2D eigenvalue weighted by molar-refractivity contribution is -0.130. The van der Waals surface area contributed by atoms with E-state index in [-0.39, 0.29) is 39.7 Å². The maximum Gasteiger partial charge on any atom is 0.338 e. The second kappa shape index (κ2) is 14.4. The van der Waals surface area contributed by atoms with Crippen LogP contribution in [0.2, 0.25) is 0 Å². The van der Waals surface area contributed by atoms with Crippen LogP contribution in [0.15, 0.2) is 54.2 Å². The van der Waals surface area contributed by atoms with E-state index in [9.17, 15) is 14.4 Å². The molecule has 8 atom stereocenters. The van der Waals surface area contributed by atoms with Gasteiger partial charge in [0, 0.05) is 23.6 Å². The molecule has 1 aromatic carbocycles. The molecule has 48 heavy (non-hydrogen) atoms. The number of carbonyl (C=O) groups is 3. The fourth-order valence-corrected chi connectivity index (χ4v) is 10.2. The zero-order valence-electron chi connectivity index (χ0n) is 30.5. The molecule has 0 spiro atoms. The predicted molar refractivity (Wildman–Crippen MR) is 190 cm³/mol. The van der Waals surface area contributed by atoms with Crippen LogP contribution in [0.4, 0.5) is 0 Å². The quantitative estimate of drug-likeness (QED) is 0.102. The molecule has 3 fully saturated rings. The van der Waals surface area contributed by atoms with Gasteiger partial charge < -0.3 is 14.2 Å². The molecule has 1 aromatic rings. The lowest BCUT2D eigenvalue weighted by Crippen LogP contribution is -2.51. The molecule has 0 bridgehead atoms. The number of hydrogen-bond acceptors (Lipinski definition) is 6. The van der Waals surface area contributed by atoms with Crippen LogP contribution in [0.25, 0.3) is 0 Å². The monoisotopic (exact) mass is 658 g/mol. The molecule has 4 aliphatic carbocycles. The first-order valence-corrected chi connectivity index (χ1v) is 18.4. The summed E-state index contributed by atoms with van der Waals surface area (Å²) < 4.78 is 16.9. The van der Waals surface area contributed by atoms with Gasteiger partial charge in [-0.3, -0.25) is 0 Å². The van der Waals surface area contributed by atoms with Crippen molar-refractivity contribution < 1.29 is 28.6 Å². The molecule has 6 nitrogen and oxygen atoms in total. The van der Waals surface area contributed by atoms with E-state index in [1.807, 2.05) is 0 Å². The van der Waals surface area contributed by atoms with Crippen molar-refractivity contribution in [3.8, 4) is 11.5 Å². The van der Waals surface area contributed by atoms with Crippen molar-refractivity contribution in [2.75, 3.05) is 0 Å². The standard InChI is InChI=1S/C42H58O6/c1-25(2)11-10-12-28(7)35-15-16-36-34-14-13-30-23-31(17-19-41(30,8)37(34)18-20-42(35,36)9)46-40(45)29-21-32(47-38(43)26(3)4)24-33(22-29)48-39(44)27(5)6/h13,21-22,24-25,28,31,34-37H,3,5,10-12,14-20,23H2,1-2,4,6-9H3. The summed E-state index contributed by atoms with van der Waals surface area (Å²) in [5, 5.41) is 0. The molecule has 0 N–H and O–H groups in total. The summed E-state index contributed by atoms with van der Waals surface area (Å²) in [5.41, 5.74) is 2.62. The van der Waals surface area contributed by atoms with E-state index in [1.54, 1.807) is 0 Å². The third-order valence-electron chi connectivity index (χ3n) is 12.8. The Hall–Kier alpha value is -3.15. The maximum absolute atomic E-state index is 13.5. The van der Waals surface area contributed by atoms with Crippen molar-refractivity contribution in [3.05, 3.63) is 59.7 Å². The van der Waals surface area contributed by atoms with Crippen molar-refractivity contribution >= 4 is 17.9 Å². The van der Waals surface area contributed by atoms with E-state index in [1.165, 1.54) is 82.6 Å². The Balaban J connectivity index is 1.27. The zero-order chi connectivity index (χ0) is 35.0. The van der Waals surface area contributed by atoms with Gasteiger partial charge in [0.05, 0.1) is 5.56 Å². The number of fused-ring (bicyclic) bond motifs is 5. The Labute approximate surface area is 288 Å². The maximum atomic E-state index is 13.5. The first-order chi connectivity index (χ1) is 22.6. The summed E-state index contributed by atoms with van der Waals surface area (Å²) in [6.07, 6.45) is 15.4. The molecule has 0 heterocycles. The topological polar surface area (TPSA) is 78.9 Å². The Morgan fingerprint density at radius 2 is 1.50 bits per heavy atom. The Morgan fingerprint density at radius 1 is 0.854 bits per heavy atom. The third kappa shape index (κ3) is 7.38. The van der Waals surface area contributed by atoms with E-state index in [4.69, 9.17) is 14.2 Å². The molecular formula is C42H58O6. The van der Waals surface area contributed by atoms with Gasteiger partial charge in [-0.05, 0) is 117 Å². The zero-order valence-corrected chi connectivity index (χ0v) is 30.5.